The molecule has 0 aromatic rings. The molecule has 2 heterocycles. The minimum absolute atomic E-state index is 0.0276. The second kappa shape index (κ2) is 7.04. The standard InChI is InChI=1S/C15H26N2O5S/c1-2-23(19,20)17-9-10-21-15-12(17)5-6-13(15)22-11-14(18)16-7-3-4-8-16/h12-13,15H,2-11H2,1H3/t12-,13+,15+/m0/s1. The normalized spacial score (nSPS) is 32.2. The second-order valence-electron chi connectivity index (χ2n) is 6.43. The number of morpholine rings is 1. The van der Waals surface area contributed by atoms with Gasteiger partial charge in [0.1, 0.15) is 12.7 Å². The van der Waals surface area contributed by atoms with Crippen LogP contribution in [-0.2, 0) is 24.3 Å². The van der Waals surface area contributed by atoms with Crippen LogP contribution in [0.2, 0.25) is 0 Å². The highest BCUT2D eigenvalue weighted by Gasteiger charge is 2.47. The molecule has 3 fully saturated rings. The van der Waals surface area contributed by atoms with Gasteiger partial charge in [-0.2, -0.15) is 4.31 Å². The Bertz CT molecular complexity index is 532. The first-order chi connectivity index (χ1) is 11.0. The maximum Gasteiger partial charge on any atom is 0.248 e. The second-order valence-corrected chi connectivity index (χ2v) is 8.64. The maximum atomic E-state index is 12.2. The summed E-state index contributed by atoms with van der Waals surface area (Å²) in [5.74, 6) is 0.134. The van der Waals surface area contributed by atoms with E-state index < -0.39 is 10.0 Å². The molecule has 0 bridgehead atoms. The molecule has 0 radical (unpaired) electrons. The summed E-state index contributed by atoms with van der Waals surface area (Å²) in [7, 11) is -3.22. The van der Waals surface area contributed by atoms with Crippen LogP contribution in [0.4, 0.5) is 0 Å². The summed E-state index contributed by atoms with van der Waals surface area (Å²) in [6, 6.07) is -0.152. The highest BCUT2D eigenvalue weighted by molar-refractivity contribution is 7.89. The van der Waals surface area contributed by atoms with Gasteiger partial charge in [0.25, 0.3) is 0 Å². The number of likely N-dealkylation sites (tertiary alicyclic amines) is 1. The van der Waals surface area contributed by atoms with Crippen molar-refractivity contribution in [3.05, 3.63) is 0 Å². The number of amides is 1. The number of ether oxygens (including phenoxy) is 2. The van der Waals surface area contributed by atoms with Crippen molar-refractivity contribution in [1.29, 1.82) is 0 Å². The molecule has 2 aliphatic heterocycles. The lowest BCUT2D eigenvalue weighted by molar-refractivity contribution is -0.143. The van der Waals surface area contributed by atoms with Crippen LogP contribution >= 0.6 is 0 Å². The zero-order chi connectivity index (χ0) is 16.4. The third kappa shape index (κ3) is 3.55. The predicted octanol–water partition coefficient (Wildman–Crippen LogP) is 0.207. The van der Waals surface area contributed by atoms with Crippen molar-refractivity contribution in [3.8, 4) is 0 Å². The van der Waals surface area contributed by atoms with Crippen molar-refractivity contribution < 1.29 is 22.7 Å². The molecule has 2 saturated heterocycles. The molecule has 23 heavy (non-hydrogen) atoms. The number of fused-ring (bicyclic) bond motifs is 1. The van der Waals surface area contributed by atoms with E-state index in [0.717, 1.165) is 38.8 Å². The summed E-state index contributed by atoms with van der Waals surface area (Å²) in [4.78, 5) is 13.9. The van der Waals surface area contributed by atoms with Crippen LogP contribution in [0.15, 0.2) is 0 Å². The Labute approximate surface area is 138 Å². The number of carbonyl (C=O) groups excluding carboxylic acids is 1. The van der Waals surface area contributed by atoms with Gasteiger partial charge < -0.3 is 14.4 Å². The lowest BCUT2D eigenvalue weighted by atomic mass is 10.1. The minimum Gasteiger partial charge on any atom is -0.372 e. The van der Waals surface area contributed by atoms with Crippen molar-refractivity contribution in [1.82, 2.24) is 9.21 Å². The van der Waals surface area contributed by atoms with Gasteiger partial charge in [-0.05, 0) is 32.6 Å². The summed E-state index contributed by atoms with van der Waals surface area (Å²) >= 11 is 0. The molecule has 3 atom stereocenters. The van der Waals surface area contributed by atoms with Crippen LogP contribution in [0.1, 0.15) is 32.6 Å². The molecule has 3 aliphatic rings. The molecule has 1 saturated carbocycles. The number of nitrogens with zero attached hydrogens (tertiary/aromatic N) is 2. The highest BCUT2D eigenvalue weighted by Crippen LogP contribution is 2.33. The lowest BCUT2D eigenvalue weighted by Crippen LogP contribution is -2.54. The molecule has 3 rings (SSSR count). The SMILES string of the molecule is CCS(=O)(=O)N1CCO[C@H]2[C@H](OCC(=O)N3CCCC3)CC[C@@H]21. The molecule has 0 N–H and O–H groups in total. The van der Waals surface area contributed by atoms with Gasteiger partial charge in [-0.25, -0.2) is 8.42 Å². The van der Waals surface area contributed by atoms with Gasteiger partial charge in [0.2, 0.25) is 15.9 Å². The van der Waals surface area contributed by atoms with Crippen LogP contribution in [0.5, 0.6) is 0 Å². The largest absolute Gasteiger partial charge is 0.372 e. The first-order valence-electron chi connectivity index (χ1n) is 8.53. The Hall–Kier alpha value is -0.700. The fraction of sp³-hybridized carbons (Fsp3) is 0.933. The maximum absolute atomic E-state index is 12.2. The van der Waals surface area contributed by atoms with Crippen LogP contribution in [0.25, 0.3) is 0 Å². The zero-order valence-corrected chi connectivity index (χ0v) is 14.5. The molecular formula is C15H26N2O5S. The van der Waals surface area contributed by atoms with Crippen molar-refractivity contribution in [2.75, 3.05) is 38.6 Å². The molecule has 1 amide bonds. The summed E-state index contributed by atoms with van der Waals surface area (Å²) in [6.07, 6.45) is 3.14. The van der Waals surface area contributed by atoms with Crippen molar-refractivity contribution in [3.63, 3.8) is 0 Å². The molecular weight excluding hydrogens is 320 g/mol. The van der Waals surface area contributed by atoms with E-state index in [1.165, 1.54) is 0 Å². The zero-order valence-electron chi connectivity index (χ0n) is 13.6. The van der Waals surface area contributed by atoms with Crippen LogP contribution in [0, 0.1) is 0 Å². The molecule has 1 aliphatic carbocycles. The van der Waals surface area contributed by atoms with E-state index >= 15 is 0 Å². The molecule has 132 valence electrons. The Kier molecular flexibility index (Phi) is 5.25. The van der Waals surface area contributed by atoms with Gasteiger partial charge in [-0.15, -0.1) is 0 Å². The van der Waals surface area contributed by atoms with Crippen LogP contribution in [0.3, 0.4) is 0 Å². The van der Waals surface area contributed by atoms with E-state index in [0.29, 0.717) is 13.2 Å². The molecule has 0 aromatic carbocycles. The fourth-order valence-corrected chi connectivity index (χ4v) is 5.13. The van der Waals surface area contributed by atoms with E-state index in [4.69, 9.17) is 9.47 Å². The number of sulfonamides is 1. The third-order valence-electron chi connectivity index (χ3n) is 5.09. The number of hydrogen-bond acceptors (Lipinski definition) is 5. The van der Waals surface area contributed by atoms with E-state index in [2.05, 4.69) is 0 Å². The Morgan fingerprint density at radius 2 is 1.96 bits per heavy atom. The van der Waals surface area contributed by atoms with Crippen LogP contribution in [-0.4, -0.2) is 80.4 Å². The van der Waals surface area contributed by atoms with Crippen LogP contribution < -0.4 is 0 Å². The molecule has 7 nitrogen and oxygen atoms in total. The van der Waals surface area contributed by atoms with Gasteiger partial charge in [0, 0.05) is 19.6 Å². The number of hydrogen-bond donors (Lipinski definition) is 0. The summed E-state index contributed by atoms with van der Waals surface area (Å²) in [5, 5.41) is 0. The van der Waals surface area contributed by atoms with Gasteiger partial charge in [-0.3, -0.25) is 4.79 Å². The van der Waals surface area contributed by atoms with E-state index in [9.17, 15) is 13.2 Å². The summed E-state index contributed by atoms with van der Waals surface area (Å²) in [5.41, 5.74) is 0. The Morgan fingerprint density at radius 1 is 1.22 bits per heavy atom. The lowest BCUT2D eigenvalue weighted by Gasteiger charge is -2.37. The average molecular weight is 346 g/mol. The monoisotopic (exact) mass is 346 g/mol. The van der Waals surface area contributed by atoms with Gasteiger partial charge >= 0.3 is 0 Å². The molecule has 0 aromatic heterocycles. The smallest absolute Gasteiger partial charge is 0.248 e. The van der Waals surface area contributed by atoms with Crippen molar-refractivity contribution in [2.45, 2.75) is 50.9 Å². The molecule has 0 spiro atoms. The van der Waals surface area contributed by atoms with Crippen molar-refractivity contribution >= 4 is 15.9 Å². The summed E-state index contributed by atoms with van der Waals surface area (Å²) in [6.45, 7) is 4.17. The van der Waals surface area contributed by atoms with Gasteiger partial charge in [0.15, 0.2) is 0 Å². The Morgan fingerprint density at radius 3 is 2.65 bits per heavy atom. The third-order valence-corrected chi connectivity index (χ3v) is 6.98. The fourth-order valence-electron chi connectivity index (χ4n) is 3.81. The molecule has 8 heteroatoms. The van der Waals surface area contributed by atoms with Crippen molar-refractivity contribution in [2.24, 2.45) is 0 Å². The number of rotatable bonds is 5. The topological polar surface area (TPSA) is 76.1 Å². The Balaban J connectivity index is 1.57. The quantitative estimate of drug-likeness (QED) is 0.711. The van der Waals surface area contributed by atoms with Gasteiger partial charge in [0.05, 0.1) is 24.5 Å². The summed E-state index contributed by atoms with van der Waals surface area (Å²) < 4.78 is 37.6. The van der Waals surface area contributed by atoms with E-state index in [1.807, 2.05) is 4.90 Å². The average Bonchev–Trinajstić information content (AvgIpc) is 3.22. The first kappa shape index (κ1) is 17.1. The minimum atomic E-state index is -3.22. The van der Waals surface area contributed by atoms with E-state index in [-0.39, 0.29) is 36.5 Å². The number of carbonyl (C=O) groups is 1. The molecule has 0 unspecified atom stereocenters. The van der Waals surface area contributed by atoms with Gasteiger partial charge in [-0.1, -0.05) is 0 Å². The van der Waals surface area contributed by atoms with E-state index in [1.54, 1.807) is 11.2 Å². The first-order valence-corrected chi connectivity index (χ1v) is 10.1. The highest BCUT2D eigenvalue weighted by atomic mass is 32.2. The predicted molar refractivity (Wildman–Crippen MR) is 84.5 cm³/mol.